The number of hydrogen-bond donors (Lipinski definition) is 1. The zero-order valence-corrected chi connectivity index (χ0v) is 20.0. The summed E-state index contributed by atoms with van der Waals surface area (Å²) >= 11 is 1.08. The van der Waals surface area contributed by atoms with Gasteiger partial charge in [-0.15, -0.1) is 0 Å². The number of nitrogens with zero attached hydrogens (tertiary/aromatic N) is 4. The van der Waals surface area contributed by atoms with Crippen LogP contribution in [-0.4, -0.2) is 31.5 Å². The summed E-state index contributed by atoms with van der Waals surface area (Å²) in [5.74, 6) is -1.00. The van der Waals surface area contributed by atoms with Gasteiger partial charge in [0.05, 0.1) is 5.57 Å². The Kier molecular flexibility index (Phi) is 5.32. The van der Waals surface area contributed by atoms with Crippen LogP contribution in [0, 0.1) is 38.9 Å². The van der Waals surface area contributed by atoms with Crippen LogP contribution in [0.25, 0.3) is 11.8 Å². The number of carbonyl (C=O) groups is 1. The molecule has 0 spiro atoms. The van der Waals surface area contributed by atoms with E-state index in [0.717, 1.165) is 45.5 Å². The molecule has 0 saturated carbocycles. The highest BCUT2D eigenvalue weighted by molar-refractivity contribution is 8.27. The van der Waals surface area contributed by atoms with E-state index >= 15 is 0 Å². The monoisotopic (exact) mass is 471 g/mol. The molecule has 8 heteroatoms. The number of carbonyl (C=O) groups excluding carboxylic acids is 1. The Bertz CT molecular complexity index is 1480. The quantitative estimate of drug-likeness (QED) is 0.512. The zero-order valence-electron chi connectivity index (χ0n) is 19.2. The molecule has 1 aromatic heterocycles. The predicted octanol–water partition coefficient (Wildman–Crippen LogP) is 5.52. The Hall–Kier alpha value is -3.78. The van der Waals surface area contributed by atoms with Crippen molar-refractivity contribution in [1.82, 2.24) is 9.58 Å². The maximum atomic E-state index is 14.2. The second kappa shape index (κ2) is 8.22. The second-order valence-corrected chi connectivity index (χ2v) is 9.31. The first-order chi connectivity index (χ1) is 16.2. The smallest absolute Gasteiger partial charge is 0.283 e. The number of nitrogens with one attached hydrogen (secondary N) is 1. The molecule has 0 unspecified atom stereocenters. The molecular weight excluding hydrogens is 449 g/mol. The van der Waals surface area contributed by atoms with Gasteiger partial charge < -0.3 is 4.57 Å². The summed E-state index contributed by atoms with van der Waals surface area (Å²) in [7, 11) is 0. The van der Waals surface area contributed by atoms with Crippen molar-refractivity contribution in [2.45, 2.75) is 27.7 Å². The van der Waals surface area contributed by atoms with Crippen molar-refractivity contribution >= 4 is 39.8 Å². The van der Waals surface area contributed by atoms with E-state index in [1.807, 2.05) is 19.9 Å². The molecule has 0 aliphatic carbocycles. The molecule has 0 bridgehead atoms. The molecular formula is C26H22FN5OS. The molecule has 1 amide bonds. The van der Waals surface area contributed by atoms with Crippen molar-refractivity contribution in [3.63, 3.8) is 0 Å². The third kappa shape index (κ3) is 3.60. The highest BCUT2D eigenvalue weighted by atomic mass is 32.2. The van der Waals surface area contributed by atoms with E-state index in [-0.39, 0.29) is 16.6 Å². The summed E-state index contributed by atoms with van der Waals surface area (Å²) in [4.78, 5) is 17.0. The van der Waals surface area contributed by atoms with E-state index in [2.05, 4.69) is 46.7 Å². The number of benzene rings is 2. The van der Waals surface area contributed by atoms with Crippen LogP contribution >= 0.6 is 11.8 Å². The fourth-order valence-corrected chi connectivity index (χ4v) is 5.07. The first-order valence-electron chi connectivity index (χ1n) is 10.8. The van der Waals surface area contributed by atoms with E-state index in [0.29, 0.717) is 10.6 Å². The van der Waals surface area contributed by atoms with Crippen LogP contribution in [0.2, 0.25) is 0 Å². The number of fused-ring (bicyclic) bond motifs is 1. The molecule has 34 heavy (non-hydrogen) atoms. The van der Waals surface area contributed by atoms with Crippen molar-refractivity contribution < 1.29 is 9.18 Å². The number of aliphatic imine (C=N–C) groups is 1. The molecule has 2 aliphatic rings. The van der Waals surface area contributed by atoms with Crippen molar-refractivity contribution in [2.24, 2.45) is 10.1 Å². The zero-order chi connectivity index (χ0) is 24.1. The lowest BCUT2D eigenvalue weighted by atomic mass is 10.1. The van der Waals surface area contributed by atoms with Gasteiger partial charge in [-0.2, -0.15) is 15.1 Å². The number of amidine groups is 2. The van der Waals surface area contributed by atoms with Crippen LogP contribution in [0.5, 0.6) is 0 Å². The van der Waals surface area contributed by atoms with Crippen molar-refractivity contribution in [3.05, 3.63) is 93.6 Å². The standard InChI is InChI=1S/C26H22FN5OS/c1-14-9-10-15(2)22(11-14)31-16(3)12-18(17(31)4)13-20-23(28)32-26(29-24(20)33)34-25(30-32)19-7-5-6-8-21(19)27/h5-13,28H,1-4H3. The highest BCUT2D eigenvalue weighted by Gasteiger charge is 2.36. The maximum absolute atomic E-state index is 14.2. The summed E-state index contributed by atoms with van der Waals surface area (Å²) in [6, 6.07) is 14.6. The Balaban J connectivity index is 1.54. The van der Waals surface area contributed by atoms with Gasteiger partial charge in [-0.05, 0) is 86.5 Å². The minimum atomic E-state index is -0.509. The van der Waals surface area contributed by atoms with Crippen LogP contribution in [-0.2, 0) is 4.79 Å². The highest BCUT2D eigenvalue weighted by Crippen LogP contribution is 2.32. The molecule has 5 rings (SSSR count). The largest absolute Gasteiger partial charge is 0.318 e. The molecule has 3 aromatic rings. The molecule has 0 fully saturated rings. The second-order valence-electron chi connectivity index (χ2n) is 8.36. The number of aryl methyl sites for hydroxylation is 3. The molecule has 170 valence electrons. The lowest BCUT2D eigenvalue weighted by molar-refractivity contribution is -0.114. The SMILES string of the molecule is Cc1ccc(C)c(-n2c(C)cc(C=C3C(=N)N4N=C(c5ccccc5F)SC4=NC3=O)c2C)c1. The number of thioether (sulfide) groups is 1. The van der Waals surface area contributed by atoms with Gasteiger partial charge in [-0.3, -0.25) is 10.2 Å². The average Bonchev–Trinajstić information content (AvgIpc) is 3.33. The summed E-state index contributed by atoms with van der Waals surface area (Å²) < 4.78 is 16.4. The Morgan fingerprint density at radius 2 is 1.82 bits per heavy atom. The van der Waals surface area contributed by atoms with E-state index in [1.165, 1.54) is 11.1 Å². The van der Waals surface area contributed by atoms with Gasteiger partial charge in [0.2, 0.25) is 5.17 Å². The number of aromatic nitrogens is 1. The Labute approximate surface area is 201 Å². The summed E-state index contributed by atoms with van der Waals surface area (Å²) in [5.41, 5.74) is 6.65. The third-order valence-corrected chi connectivity index (χ3v) is 6.88. The summed E-state index contributed by atoms with van der Waals surface area (Å²) in [5, 5.41) is 14.9. The number of amides is 1. The molecule has 6 nitrogen and oxygen atoms in total. The Morgan fingerprint density at radius 3 is 2.59 bits per heavy atom. The fourth-order valence-electron chi connectivity index (χ4n) is 4.16. The van der Waals surface area contributed by atoms with E-state index in [1.54, 1.807) is 24.3 Å². The van der Waals surface area contributed by atoms with Gasteiger partial charge in [0.25, 0.3) is 5.91 Å². The lowest BCUT2D eigenvalue weighted by Gasteiger charge is -2.20. The summed E-state index contributed by atoms with van der Waals surface area (Å²) in [6.07, 6.45) is 1.69. The number of hydrazone groups is 1. The lowest BCUT2D eigenvalue weighted by Crippen LogP contribution is -2.35. The molecule has 0 saturated heterocycles. The molecule has 1 N–H and O–H groups in total. The molecule has 3 heterocycles. The Morgan fingerprint density at radius 1 is 1.06 bits per heavy atom. The first-order valence-corrected chi connectivity index (χ1v) is 11.6. The van der Waals surface area contributed by atoms with E-state index < -0.39 is 11.7 Å². The van der Waals surface area contributed by atoms with Gasteiger partial charge in [-0.1, -0.05) is 24.3 Å². The maximum Gasteiger partial charge on any atom is 0.283 e. The number of rotatable bonds is 3. The van der Waals surface area contributed by atoms with E-state index in [4.69, 9.17) is 5.41 Å². The topological polar surface area (TPSA) is 73.8 Å². The minimum Gasteiger partial charge on any atom is -0.318 e. The number of hydrogen-bond acceptors (Lipinski definition) is 4. The predicted molar refractivity (Wildman–Crippen MR) is 135 cm³/mol. The van der Waals surface area contributed by atoms with Crippen molar-refractivity contribution in [1.29, 1.82) is 5.41 Å². The van der Waals surface area contributed by atoms with Crippen LogP contribution < -0.4 is 0 Å². The van der Waals surface area contributed by atoms with Crippen molar-refractivity contribution in [2.75, 3.05) is 0 Å². The third-order valence-electron chi connectivity index (χ3n) is 5.93. The van der Waals surface area contributed by atoms with Gasteiger partial charge in [0, 0.05) is 22.6 Å². The van der Waals surface area contributed by atoms with Gasteiger partial charge >= 0.3 is 0 Å². The van der Waals surface area contributed by atoms with Crippen LogP contribution in [0.3, 0.4) is 0 Å². The van der Waals surface area contributed by atoms with Crippen molar-refractivity contribution in [3.8, 4) is 5.69 Å². The van der Waals surface area contributed by atoms with Gasteiger partial charge in [0.1, 0.15) is 10.9 Å². The minimum absolute atomic E-state index is 0.0784. The average molecular weight is 472 g/mol. The van der Waals surface area contributed by atoms with Gasteiger partial charge in [0.15, 0.2) is 5.84 Å². The van der Waals surface area contributed by atoms with Crippen LogP contribution in [0.15, 0.2) is 64.2 Å². The first kappa shape index (κ1) is 22.0. The number of halogens is 1. The molecule has 2 aromatic carbocycles. The van der Waals surface area contributed by atoms with Crippen LogP contribution in [0.4, 0.5) is 4.39 Å². The molecule has 0 radical (unpaired) electrons. The van der Waals surface area contributed by atoms with E-state index in [9.17, 15) is 9.18 Å². The summed E-state index contributed by atoms with van der Waals surface area (Å²) in [6.45, 7) is 8.14. The normalized spacial score (nSPS) is 16.7. The molecule has 0 atom stereocenters. The fraction of sp³-hybridized carbons (Fsp3) is 0.154. The van der Waals surface area contributed by atoms with Gasteiger partial charge in [-0.25, -0.2) is 4.39 Å². The van der Waals surface area contributed by atoms with Crippen LogP contribution in [0.1, 0.15) is 33.6 Å². The molecule has 2 aliphatic heterocycles.